The van der Waals surface area contributed by atoms with Crippen molar-refractivity contribution in [3.63, 3.8) is 0 Å². The van der Waals surface area contributed by atoms with E-state index >= 15 is 0 Å². The standard InChI is InChI=1S/C13H13F4NO3/c14-11-2-1-9(7-10(11)13(15,16)17)8-21-12(19)18-3-5-20-6-4-18/h1-2,7H,3-6,8H2. The number of amides is 1. The van der Waals surface area contributed by atoms with Gasteiger partial charge in [-0.1, -0.05) is 6.07 Å². The Morgan fingerprint density at radius 2 is 1.95 bits per heavy atom. The van der Waals surface area contributed by atoms with Gasteiger partial charge in [0, 0.05) is 13.1 Å². The molecule has 0 atom stereocenters. The van der Waals surface area contributed by atoms with Gasteiger partial charge in [0.2, 0.25) is 0 Å². The number of morpholine rings is 1. The summed E-state index contributed by atoms with van der Waals surface area (Å²) in [6, 6.07) is 2.50. The van der Waals surface area contributed by atoms with E-state index in [0.717, 1.165) is 6.07 Å². The van der Waals surface area contributed by atoms with Crippen LogP contribution in [0, 0.1) is 5.82 Å². The number of carbonyl (C=O) groups is 1. The lowest BCUT2D eigenvalue weighted by atomic mass is 10.1. The van der Waals surface area contributed by atoms with Crippen molar-refractivity contribution in [2.75, 3.05) is 26.3 Å². The predicted molar refractivity (Wildman–Crippen MR) is 64.0 cm³/mol. The molecule has 1 fully saturated rings. The van der Waals surface area contributed by atoms with E-state index in [0.29, 0.717) is 38.4 Å². The van der Waals surface area contributed by atoms with Gasteiger partial charge in [-0.3, -0.25) is 0 Å². The first-order valence-electron chi connectivity index (χ1n) is 6.23. The smallest absolute Gasteiger partial charge is 0.419 e. The lowest BCUT2D eigenvalue weighted by Gasteiger charge is -2.26. The molecular weight excluding hydrogens is 294 g/mol. The summed E-state index contributed by atoms with van der Waals surface area (Å²) in [4.78, 5) is 13.1. The second-order valence-corrected chi connectivity index (χ2v) is 4.47. The molecule has 1 saturated heterocycles. The van der Waals surface area contributed by atoms with E-state index in [1.165, 1.54) is 4.90 Å². The number of nitrogens with zero attached hydrogens (tertiary/aromatic N) is 1. The maximum atomic E-state index is 13.1. The van der Waals surface area contributed by atoms with E-state index < -0.39 is 23.7 Å². The minimum absolute atomic E-state index is 0.0744. The fourth-order valence-electron chi connectivity index (χ4n) is 1.86. The van der Waals surface area contributed by atoms with Crippen molar-refractivity contribution in [3.05, 3.63) is 35.1 Å². The normalized spacial score (nSPS) is 15.9. The average Bonchev–Trinajstić information content (AvgIpc) is 2.45. The molecule has 0 unspecified atom stereocenters. The highest BCUT2D eigenvalue weighted by Crippen LogP contribution is 2.32. The first-order chi connectivity index (χ1) is 9.88. The molecule has 0 aliphatic carbocycles. The summed E-state index contributed by atoms with van der Waals surface area (Å²) in [5, 5.41) is 0. The maximum Gasteiger partial charge on any atom is 0.419 e. The van der Waals surface area contributed by atoms with Crippen LogP contribution in [0.3, 0.4) is 0 Å². The minimum Gasteiger partial charge on any atom is -0.445 e. The zero-order valence-corrected chi connectivity index (χ0v) is 11.0. The van der Waals surface area contributed by atoms with Gasteiger partial charge in [0.1, 0.15) is 12.4 Å². The number of carbonyl (C=O) groups excluding carboxylic acids is 1. The van der Waals surface area contributed by atoms with E-state index in [1.54, 1.807) is 0 Å². The van der Waals surface area contributed by atoms with E-state index in [1.807, 2.05) is 0 Å². The average molecular weight is 307 g/mol. The first kappa shape index (κ1) is 15.6. The Morgan fingerprint density at radius 3 is 2.57 bits per heavy atom. The summed E-state index contributed by atoms with van der Waals surface area (Å²) in [6.45, 7) is 1.18. The number of alkyl halides is 3. The Labute approximate surface area is 118 Å². The van der Waals surface area contributed by atoms with Gasteiger partial charge in [-0.2, -0.15) is 13.2 Å². The van der Waals surface area contributed by atoms with Crippen LogP contribution in [0.4, 0.5) is 22.4 Å². The molecule has 0 saturated carbocycles. The second kappa shape index (κ2) is 6.30. The van der Waals surface area contributed by atoms with Crippen LogP contribution < -0.4 is 0 Å². The van der Waals surface area contributed by atoms with E-state index in [4.69, 9.17) is 9.47 Å². The molecule has 1 aliphatic heterocycles. The van der Waals surface area contributed by atoms with Crippen LogP contribution in [0.1, 0.15) is 11.1 Å². The van der Waals surface area contributed by atoms with Gasteiger partial charge in [-0.15, -0.1) is 0 Å². The van der Waals surface area contributed by atoms with Crippen LogP contribution in [0.5, 0.6) is 0 Å². The van der Waals surface area contributed by atoms with Crippen LogP contribution in [0.15, 0.2) is 18.2 Å². The molecule has 1 aromatic carbocycles. The lowest BCUT2D eigenvalue weighted by molar-refractivity contribution is -0.140. The molecule has 1 aromatic rings. The third kappa shape index (κ3) is 4.07. The highest BCUT2D eigenvalue weighted by atomic mass is 19.4. The molecule has 2 rings (SSSR count). The van der Waals surface area contributed by atoms with Crippen LogP contribution in [0.25, 0.3) is 0 Å². The predicted octanol–water partition coefficient (Wildman–Crippen LogP) is 2.81. The fraction of sp³-hybridized carbons (Fsp3) is 0.462. The summed E-state index contributed by atoms with van der Waals surface area (Å²) in [7, 11) is 0. The SMILES string of the molecule is O=C(OCc1ccc(F)c(C(F)(F)F)c1)N1CCOCC1. The number of benzene rings is 1. The van der Waals surface area contributed by atoms with Crippen LogP contribution in [-0.2, 0) is 22.3 Å². The molecule has 0 radical (unpaired) electrons. The van der Waals surface area contributed by atoms with E-state index in [9.17, 15) is 22.4 Å². The molecule has 4 nitrogen and oxygen atoms in total. The van der Waals surface area contributed by atoms with Crippen molar-refractivity contribution in [1.82, 2.24) is 4.90 Å². The Hall–Kier alpha value is -1.83. The van der Waals surface area contributed by atoms with Crippen molar-refractivity contribution < 1.29 is 31.8 Å². The number of ether oxygens (including phenoxy) is 2. The van der Waals surface area contributed by atoms with Gasteiger partial charge in [-0.05, 0) is 17.7 Å². The third-order valence-electron chi connectivity index (χ3n) is 2.97. The summed E-state index contributed by atoms with van der Waals surface area (Å²) < 4.78 is 60.7. The second-order valence-electron chi connectivity index (χ2n) is 4.47. The third-order valence-corrected chi connectivity index (χ3v) is 2.97. The summed E-state index contributed by atoms with van der Waals surface area (Å²) in [6.07, 6.45) is -5.41. The number of rotatable bonds is 2. The van der Waals surface area contributed by atoms with Gasteiger partial charge < -0.3 is 14.4 Å². The maximum absolute atomic E-state index is 13.1. The zero-order chi connectivity index (χ0) is 15.5. The van der Waals surface area contributed by atoms with Crippen molar-refractivity contribution >= 4 is 6.09 Å². The highest BCUT2D eigenvalue weighted by molar-refractivity contribution is 5.67. The molecule has 0 spiro atoms. The number of hydrogen-bond acceptors (Lipinski definition) is 3. The van der Waals surface area contributed by atoms with Crippen LogP contribution in [-0.4, -0.2) is 37.3 Å². The minimum atomic E-state index is -4.78. The van der Waals surface area contributed by atoms with Gasteiger partial charge >= 0.3 is 12.3 Å². The van der Waals surface area contributed by atoms with Crippen molar-refractivity contribution in [2.45, 2.75) is 12.8 Å². The lowest BCUT2D eigenvalue weighted by Crippen LogP contribution is -2.40. The number of halogens is 4. The summed E-state index contributed by atoms with van der Waals surface area (Å²) in [5.74, 6) is -1.36. The van der Waals surface area contributed by atoms with E-state index in [-0.39, 0.29) is 12.2 Å². The van der Waals surface area contributed by atoms with Crippen LogP contribution >= 0.6 is 0 Å². The number of hydrogen-bond donors (Lipinski definition) is 0. The Bertz CT molecular complexity index is 513. The van der Waals surface area contributed by atoms with Gasteiger partial charge in [0.25, 0.3) is 0 Å². The molecular formula is C13H13F4NO3. The quantitative estimate of drug-likeness (QED) is 0.789. The molecule has 1 heterocycles. The van der Waals surface area contributed by atoms with Gasteiger partial charge in [0.15, 0.2) is 0 Å². The fourth-order valence-corrected chi connectivity index (χ4v) is 1.86. The largest absolute Gasteiger partial charge is 0.445 e. The molecule has 0 aromatic heterocycles. The Kier molecular flexibility index (Phi) is 4.66. The summed E-state index contributed by atoms with van der Waals surface area (Å²) in [5.41, 5.74) is -1.30. The van der Waals surface area contributed by atoms with E-state index in [2.05, 4.69) is 0 Å². The molecule has 21 heavy (non-hydrogen) atoms. The molecule has 116 valence electrons. The highest BCUT2D eigenvalue weighted by Gasteiger charge is 2.34. The van der Waals surface area contributed by atoms with Crippen LogP contribution in [0.2, 0.25) is 0 Å². The zero-order valence-electron chi connectivity index (χ0n) is 11.0. The van der Waals surface area contributed by atoms with Crippen molar-refractivity contribution in [3.8, 4) is 0 Å². The van der Waals surface area contributed by atoms with Gasteiger partial charge in [-0.25, -0.2) is 9.18 Å². The topological polar surface area (TPSA) is 38.8 Å². The molecule has 1 aliphatic rings. The molecule has 0 bridgehead atoms. The molecule has 8 heteroatoms. The Morgan fingerprint density at radius 1 is 1.29 bits per heavy atom. The Balaban J connectivity index is 1.98. The van der Waals surface area contributed by atoms with Crippen molar-refractivity contribution in [1.29, 1.82) is 0 Å². The first-order valence-corrected chi connectivity index (χ1v) is 6.23. The monoisotopic (exact) mass is 307 g/mol. The summed E-state index contributed by atoms with van der Waals surface area (Å²) >= 11 is 0. The molecule has 1 amide bonds. The molecule has 0 N–H and O–H groups in total. The van der Waals surface area contributed by atoms with Crippen molar-refractivity contribution in [2.24, 2.45) is 0 Å². The van der Waals surface area contributed by atoms with Gasteiger partial charge in [0.05, 0.1) is 18.8 Å².